The third-order valence-corrected chi connectivity index (χ3v) is 4.13. The predicted octanol–water partition coefficient (Wildman–Crippen LogP) is 4.95. The van der Waals surface area contributed by atoms with Gasteiger partial charge in [0.2, 0.25) is 0 Å². The van der Waals surface area contributed by atoms with Crippen molar-refractivity contribution in [2.75, 3.05) is 5.32 Å². The lowest BCUT2D eigenvalue weighted by molar-refractivity contribution is -0.112. The van der Waals surface area contributed by atoms with Crippen molar-refractivity contribution in [3.8, 4) is 6.07 Å². The first-order valence-corrected chi connectivity index (χ1v) is 8.21. The van der Waals surface area contributed by atoms with Crippen molar-refractivity contribution in [2.45, 2.75) is 13.3 Å². The van der Waals surface area contributed by atoms with Crippen LogP contribution in [-0.4, -0.2) is 5.91 Å². The average molecular weight is 326 g/mol. The normalized spacial score (nSPS) is 11.1. The van der Waals surface area contributed by atoms with Crippen molar-refractivity contribution in [1.29, 1.82) is 5.26 Å². The Kier molecular flexibility index (Phi) is 4.92. The number of carbonyl (C=O) groups is 1. The SMILES string of the molecule is CCc1ccccc1NC(=O)/C(C#N)=C/c1cccc2ccccc12. The zero-order valence-corrected chi connectivity index (χ0v) is 14.0. The van der Waals surface area contributed by atoms with E-state index in [0.29, 0.717) is 0 Å². The minimum atomic E-state index is -0.392. The summed E-state index contributed by atoms with van der Waals surface area (Å²) in [5.41, 5.74) is 2.73. The maximum atomic E-state index is 12.6. The summed E-state index contributed by atoms with van der Waals surface area (Å²) in [6.45, 7) is 2.03. The van der Waals surface area contributed by atoms with Crippen LogP contribution in [0.15, 0.2) is 72.3 Å². The molecule has 0 bridgehead atoms. The quantitative estimate of drug-likeness (QED) is 0.545. The molecule has 3 heteroatoms. The zero-order chi connectivity index (χ0) is 17.6. The summed E-state index contributed by atoms with van der Waals surface area (Å²) >= 11 is 0. The zero-order valence-electron chi connectivity index (χ0n) is 14.0. The van der Waals surface area contributed by atoms with Crippen molar-refractivity contribution in [3.63, 3.8) is 0 Å². The van der Waals surface area contributed by atoms with Gasteiger partial charge in [0.15, 0.2) is 0 Å². The molecule has 122 valence electrons. The summed E-state index contributed by atoms with van der Waals surface area (Å²) in [5.74, 6) is -0.392. The lowest BCUT2D eigenvalue weighted by Crippen LogP contribution is -2.14. The molecule has 0 aromatic heterocycles. The summed E-state index contributed by atoms with van der Waals surface area (Å²) in [6.07, 6.45) is 2.46. The molecule has 0 atom stereocenters. The van der Waals surface area contributed by atoms with E-state index in [1.54, 1.807) is 6.08 Å². The van der Waals surface area contributed by atoms with Gasteiger partial charge in [0.1, 0.15) is 11.6 Å². The van der Waals surface area contributed by atoms with E-state index in [0.717, 1.165) is 34.0 Å². The number of hydrogen-bond donors (Lipinski definition) is 1. The number of nitrogens with one attached hydrogen (secondary N) is 1. The maximum Gasteiger partial charge on any atom is 0.266 e. The fraction of sp³-hybridized carbons (Fsp3) is 0.0909. The number of carbonyl (C=O) groups excluding carboxylic acids is 1. The van der Waals surface area contributed by atoms with Gasteiger partial charge in [0, 0.05) is 5.69 Å². The molecule has 3 rings (SSSR count). The van der Waals surface area contributed by atoms with Gasteiger partial charge in [-0.25, -0.2) is 0 Å². The first-order valence-electron chi connectivity index (χ1n) is 8.21. The highest BCUT2D eigenvalue weighted by molar-refractivity contribution is 6.11. The summed E-state index contributed by atoms with van der Waals surface area (Å²) in [5, 5.41) is 14.4. The Balaban J connectivity index is 1.95. The Morgan fingerprint density at radius 1 is 1.04 bits per heavy atom. The monoisotopic (exact) mass is 326 g/mol. The second-order valence-corrected chi connectivity index (χ2v) is 5.70. The average Bonchev–Trinajstić information content (AvgIpc) is 2.66. The molecule has 0 spiro atoms. The van der Waals surface area contributed by atoms with Crippen LogP contribution in [0.25, 0.3) is 16.8 Å². The number of benzene rings is 3. The maximum absolute atomic E-state index is 12.6. The molecule has 0 fully saturated rings. The second kappa shape index (κ2) is 7.46. The first kappa shape index (κ1) is 16.5. The smallest absolute Gasteiger partial charge is 0.266 e. The van der Waals surface area contributed by atoms with E-state index in [4.69, 9.17) is 0 Å². The number of amides is 1. The van der Waals surface area contributed by atoms with Crippen LogP contribution in [0.5, 0.6) is 0 Å². The van der Waals surface area contributed by atoms with Crippen molar-refractivity contribution in [1.82, 2.24) is 0 Å². The Morgan fingerprint density at radius 2 is 1.76 bits per heavy atom. The molecule has 25 heavy (non-hydrogen) atoms. The lowest BCUT2D eigenvalue weighted by Gasteiger charge is -2.09. The number of fused-ring (bicyclic) bond motifs is 1. The minimum absolute atomic E-state index is 0.0854. The van der Waals surface area contributed by atoms with Gasteiger partial charge in [-0.2, -0.15) is 5.26 Å². The van der Waals surface area contributed by atoms with Crippen LogP contribution in [0.3, 0.4) is 0 Å². The molecular formula is C22H18N2O. The van der Waals surface area contributed by atoms with Crippen LogP contribution < -0.4 is 5.32 Å². The van der Waals surface area contributed by atoms with E-state index in [-0.39, 0.29) is 5.57 Å². The van der Waals surface area contributed by atoms with Gasteiger partial charge < -0.3 is 5.32 Å². The number of para-hydroxylation sites is 1. The van der Waals surface area contributed by atoms with Crippen molar-refractivity contribution >= 4 is 28.4 Å². The van der Waals surface area contributed by atoms with E-state index in [9.17, 15) is 10.1 Å². The van der Waals surface area contributed by atoms with E-state index >= 15 is 0 Å². The molecular weight excluding hydrogens is 308 g/mol. The van der Waals surface area contributed by atoms with Crippen LogP contribution in [0, 0.1) is 11.3 Å². The summed E-state index contributed by atoms with van der Waals surface area (Å²) in [6, 6.07) is 23.4. The van der Waals surface area contributed by atoms with Crippen molar-refractivity contribution < 1.29 is 4.79 Å². The fourth-order valence-electron chi connectivity index (χ4n) is 2.82. The minimum Gasteiger partial charge on any atom is -0.321 e. The predicted molar refractivity (Wildman–Crippen MR) is 102 cm³/mol. The molecule has 0 radical (unpaired) electrons. The molecule has 0 saturated carbocycles. The fourth-order valence-corrected chi connectivity index (χ4v) is 2.82. The van der Waals surface area contributed by atoms with Gasteiger partial charge in [-0.3, -0.25) is 4.79 Å². The first-order chi connectivity index (χ1) is 12.2. The highest BCUT2D eigenvalue weighted by Gasteiger charge is 2.12. The Labute approximate surface area is 147 Å². The van der Waals surface area contributed by atoms with E-state index < -0.39 is 5.91 Å². The molecule has 0 aliphatic carbocycles. The molecule has 3 aromatic carbocycles. The van der Waals surface area contributed by atoms with E-state index in [1.807, 2.05) is 79.7 Å². The van der Waals surface area contributed by atoms with E-state index in [1.165, 1.54) is 0 Å². The summed E-state index contributed by atoms with van der Waals surface area (Å²) < 4.78 is 0. The van der Waals surface area contributed by atoms with Gasteiger partial charge in [-0.15, -0.1) is 0 Å². The van der Waals surface area contributed by atoms with Crippen LogP contribution in [0.4, 0.5) is 5.69 Å². The molecule has 0 unspecified atom stereocenters. The Bertz CT molecular complexity index is 991. The lowest BCUT2D eigenvalue weighted by atomic mass is 10.0. The number of hydrogen-bond acceptors (Lipinski definition) is 2. The molecule has 0 aliphatic rings. The molecule has 1 N–H and O–H groups in total. The van der Waals surface area contributed by atoms with Crippen molar-refractivity contribution in [3.05, 3.63) is 83.4 Å². The van der Waals surface area contributed by atoms with Gasteiger partial charge in [0.05, 0.1) is 0 Å². The molecule has 0 saturated heterocycles. The third kappa shape index (κ3) is 3.59. The standard InChI is InChI=1S/C22H18N2O/c1-2-16-8-4-6-13-21(16)24-22(25)19(15-23)14-18-11-7-10-17-9-3-5-12-20(17)18/h3-14H,2H2,1H3,(H,24,25)/b19-14+. The molecule has 3 aromatic rings. The van der Waals surface area contributed by atoms with Gasteiger partial charge in [-0.05, 0) is 40.5 Å². The molecule has 3 nitrogen and oxygen atoms in total. The highest BCUT2D eigenvalue weighted by atomic mass is 16.1. The molecule has 0 heterocycles. The largest absolute Gasteiger partial charge is 0.321 e. The van der Waals surface area contributed by atoms with Crippen LogP contribution in [0.1, 0.15) is 18.1 Å². The van der Waals surface area contributed by atoms with Crippen LogP contribution in [-0.2, 0) is 11.2 Å². The van der Waals surface area contributed by atoms with Gasteiger partial charge in [0.25, 0.3) is 5.91 Å². The highest BCUT2D eigenvalue weighted by Crippen LogP contribution is 2.22. The number of nitrogens with zero attached hydrogens (tertiary/aromatic N) is 1. The van der Waals surface area contributed by atoms with E-state index in [2.05, 4.69) is 5.32 Å². The van der Waals surface area contributed by atoms with Gasteiger partial charge >= 0.3 is 0 Å². The molecule has 0 aliphatic heterocycles. The van der Waals surface area contributed by atoms with Crippen molar-refractivity contribution in [2.24, 2.45) is 0 Å². The number of aryl methyl sites for hydroxylation is 1. The Hall–Kier alpha value is -3.38. The summed E-state index contributed by atoms with van der Waals surface area (Å²) in [4.78, 5) is 12.6. The molecule has 1 amide bonds. The number of nitriles is 1. The van der Waals surface area contributed by atoms with Gasteiger partial charge in [-0.1, -0.05) is 67.6 Å². The number of rotatable bonds is 4. The topological polar surface area (TPSA) is 52.9 Å². The van der Waals surface area contributed by atoms with Crippen LogP contribution >= 0.6 is 0 Å². The number of anilines is 1. The van der Waals surface area contributed by atoms with Crippen LogP contribution in [0.2, 0.25) is 0 Å². The Morgan fingerprint density at radius 3 is 2.56 bits per heavy atom. The second-order valence-electron chi connectivity index (χ2n) is 5.70. The third-order valence-electron chi connectivity index (χ3n) is 4.13. The summed E-state index contributed by atoms with van der Waals surface area (Å²) in [7, 11) is 0.